The lowest BCUT2D eigenvalue weighted by Gasteiger charge is -2.08. The van der Waals surface area contributed by atoms with E-state index in [1.807, 2.05) is 21.2 Å². The molecule has 0 aromatic rings. The van der Waals surface area contributed by atoms with Crippen molar-refractivity contribution in [1.82, 2.24) is 5.32 Å². The van der Waals surface area contributed by atoms with Crippen molar-refractivity contribution in [2.75, 3.05) is 13.1 Å². The molecule has 0 aliphatic heterocycles. The highest BCUT2D eigenvalue weighted by Gasteiger charge is 2.23. The van der Waals surface area contributed by atoms with E-state index in [0.717, 1.165) is 0 Å². The molecule has 0 rings (SSSR count). The second-order valence-electron chi connectivity index (χ2n) is 1.64. The van der Waals surface area contributed by atoms with Crippen molar-refractivity contribution >= 4 is 15.9 Å². The molecular formula is C4H6BrF4N. The van der Waals surface area contributed by atoms with Crippen LogP contribution >= 0.6 is 15.9 Å². The van der Waals surface area contributed by atoms with Gasteiger partial charge in [-0.3, -0.25) is 0 Å². The van der Waals surface area contributed by atoms with Gasteiger partial charge in [-0.1, -0.05) is 0 Å². The van der Waals surface area contributed by atoms with Crippen molar-refractivity contribution in [2.24, 2.45) is 0 Å². The van der Waals surface area contributed by atoms with Gasteiger partial charge in [-0.2, -0.15) is 8.78 Å². The monoisotopic (exact) mass is 223 g/mol. The molecule has 0 radical (unpaired) electrons. The molecule has 0 aromatic heterocycles. The molecule has 0 saturated carbocycles. The Morgan fingerprint density at radius 2 is 1.90 bits per heavy atom. The molecule has 1 nitrogen and oxygen atoms in total. The van der Waals surface area contributed by atoms with E-state index in [4.69, 9.17) is 0 Å². The summed E-state index contributed by atoms with van der Waals surface area (Å²) >= 11 is 1.99. The molecule has 0 aliphatic carbocycles. The van der Waals surface area contributed by atoms with Crippen LogP contribution in [0.5, 0.6) is 0 Å². The number of rotatable bonds is 4. The van der Waals surface area contributed by atoms with Gasteiger partial charge in [0.1, 0.15) is 0 Å². The molecule has 0 atom stereocenters. The predicted molar refractivity (Wildman–Crippen MR) is 32.7 cm³/mol. The molecular weight excluding hydrogens is 218 g/mol. The van der Waals surface area contributed by atoms with Gasteiger partial charge in [0, 0.05) is 0 Å². The summed E-state index contributed by atoms with van der Waals surface area (Å²) in [5, 5.41) is 1.88. The second-order valence-corrected chi connectivity index (χ2v) is 2.80. The maximum atomic E-state index is 11.8. The van der Waals surface area contributed by atoms with Gasteiger partial charge in [0.25, 0.3) is 6.43 Å². The fourth-order valence-electron chi connectivity index (χ4n) is 0.323. The van der Waals surface area contributed by atoms with Crippen molar-refractivity contribution in [1.29, 1.82) is 0 Å². The summed E-state index contributed by atoms with van der Waals surface area (Å²) in [6, 6.07) is 0. The Kier molecular flexibility index (Phi) is 4.19. The van der Waals surface area contributed by atoms with Crippen LogP contribution in [-0.2, 0) is 0 Å². The third-order valence-electron chi connectivity index (χ3n) is 0.624. The van der Waals surface area contributed by atoms with E-state index in [2.05, 4.69) is 0 Å². The maximum absolute atomic E-state index is 11.8. The summed E-state index contributed by atoms with van der Waals surface area (Å²) in [7, 11) is 0. The largest absolute Gasteiger partial charge is 0.313 e. The van der Waals surface area contributed by atoms with E-state index in [0.29, 0.717) is 0 Å². The Morgan fingerprint density at radius 3 is 2.20 bits per heavy atom. The topological polar surface area (TPSA) is 12.0 Å². The molecule has 10 heavy (non-hydrogen) atoms. The minimum atomic E-state index is -3.10. The lowest BCUT2D eigenvalue weighted by molar-refractivity contribution is 0.0971. The number of nitrogens with one attached hydrogen (secondary N) is 1. The highest BCUT2D eigenvalue weighted by molar-refractivity contribution is 9.10. The van der Waals surface area contributed by atoms with Crippen LogP contribution < -0.4 is 5.32 Å². The maximum Gasteiger partial charge on any atom is 0.313 e. The SMILES string of the molecule is FC(F)CNCC(F)(F)Br. The molecule has 0 aliphatic rings. The summed E-state index contributed by atoms with van der Waals surface area (Å²) in [6.07, 6.45) is -2.59. The van der Waals surface area contributed by atoms with E-state index in [1.54, 1.807) is 0 Å². The van der Waals surface area contributed by atoms with Gasteiger partial charge >= 0.3 is 4.83 Å². The Balaban J connectivity index is 3.21. The molecule has 0 amide bonds. The summed E-state index contributed by atoms with van der Waals surface area (Å²) in [4.78, 5) is -3.10. The van der Waals surface area contributed by atoms with E-state index in [-0.39, 0.29) is 0 Å². The van der Waals surface area contributed by atoms with Crippen LogP contribution in [-0.4, -0.2) is 24.3 Å². The number of hydrogen-bond acceptors (Lipinski definition) is 1. The Labute approximate surface area is 63.9 Å². The van der Waals surface area contributed by atoms with Crippen molar-refractivity contribution in [3.63, 3.8) is 0 Å². The van der Waals surface area contributed by atoms with Crippen LogP contribution in [0.4, 0.5) is 17.6 Å². The van der Waals surface area contributed by atoms with Crippen molar-refractivity contribution in [3.8, 4) is 0 Å². The van der Waals surface area contributed by atoms with Gasteiger partial charge < -0.3 is 5.32 Å². The van der Waals surface area contributed by atoms with Crippen LogP contribution in [0.25, 0.3) is 0 Å². The summed E-state index contributed by atoms with van der Waals surface area (Å²) in [5.41, 5.74) is 0. The lowest BCUT2D eigenvalue weighted by Crippen LogP contribution is -2.31. The molecule has 0 aromatic carbocycles. The molecule has 0 heterocycles. The smallest absolute Gasteiger partial charge is 0.305 e. The van der Waals surface area contributed by atoms with Crippen LogP contribution in [0.1, 0.15) is 0 Å². The third-order valence-corrected chi connectivity index (χ3v) is 0.904. The van der Waals surface area contributed by atoms with Crippen LogP contribution in [0, 0.1) is 0 Å². The first-order valence-electron chi connectivity index (χ1n) is 2.47. The van der Waals surface area contributed by atoms with E-state index in [9.17, 15) is 17.6 Å². The number of hydrogen-bond donors (Lipinski definition) is 1. The number of halogens is 5. The second kappa shape index (κ2) is 4.12. The van der Waals surface area contributed by atoms with E-state index in [1.165, 1.54) is 0 Å². The molecule has 0 fully saturated rings. The average molecular weight is 224 g/mol. The van der Waals surface area contributed by atoms with Gasteiger partial charge in [0.05, 0.1) is 13.1 Å². The molecule has 0 unspecified atom stereocenters. The Morgan fingerprint density at radius 1 is 1.40 bits per heavy atom. The first-order valence-corrected chi connectivity index (χ1v) is 3.27. The van der Waals surface area contributed by atoms with E-state index >= 15 is 0 Å². The van der Waals surface area contributed by atoms with Gasteiger partial charge in [0.15, 0.2) is 0 Å². The summed E-state index contributed by atoms with van der Waals surface area (Å²) < 4.78 is 46.1. The molecule has 6 heteroatoms. The molecule has 62 valence electrons. The molecule has 1 N–H and O–H groups in total. The predicted octanol–water partition coefficient (Wildman–Crippen LogP) is 1.83. The van der Waals surface area contributed by atoms with Crippen LogP contribution in [0.3, 0.4) is 0 Å². The van der Waals surface area contributed by atoms with Crippen molar-refractivity contribution in [3.05, 3.63) is 0 Å². The van der Waals surface area contributed by atoms with Crippen LogP contribution in [0.2, 0.25) is 0 Å². The average Bonchev–Trinajstić information content (AvgIpc) is 1.59. The zero-order valence-electron chi connectivity index (χ0n) is 4.88. The van der Waals surface area contributed by atoms with Gasteiger partial charge in [-0.05, 0) is 15.9 Å². The first-order chi connectivity index (χ1) is 4.42. The highest BCUT2D eigenvalue weighted by Crippen LogP contribution is 2.19. The number of alkyl halides is 5. The quantitative estimate of drug-likeness (QED) is 0.567. The third kappa shape index (κ3) is 8.16. The standard InChI is InChI=1S/C4H6BrF4N/c5-4(8,9)2-10-1-3(6)7/h3,10H,1-2H2. The Bertz CT molecular complexity index is 91.7. The molecule has 0 saturated heterocycles. The van der Waals surface area contributed by atoms with Gasteiger partial charge in [-0.15, -0.1) is 0 Å². The fraction of sp³-hybridized carbons (Fsp3) is 1.00. The highest BCUT2D eigenvalue weighted by atomic mass is 79.9. The lowest BCUT2D eigenvalue weighted by atomic mass is 10.6. The molecule has 0 bridgehead atoms. The molecule has 0 spiro atoms. The summed E-state index contributed by atoms with van der Waals surface area (Å²) in [6.45, 7) is -1.49. The zero-order chi connectivity index (χ0) is 8.20. The van der Waals surface area contributed by atoms with Crippen molar-refractivity contribution < 1.29 is 17.6 Å². The normalized spacial score (nSPS) is 12.6. The van der Waals surface area contributed by atoms with Crippen LogP contribution in [0.15, 0.2) is 0 Å². The Hall–Kier alpha value is 0.160. The van der Waals surface area contributed by atoms with Gasteiger partial charge in [0.2, 0.25) is 0 Å². The van der Waals surface area contributed by atoms with Crippen molar-refractivity contribution in [2.45, 2.75) is 11.3 Å². The zero-order valence-corrected chi connectivity index (χ0v) is 6.47. The van der Waals surface area contributed by atoms with Gasteiger partial charge in [-0.25, -0.2) is 8.78 Å². The summed E-state index contributed by atoms with van der Waals surface area (Å²) in [5.74, 6) is 0. The first kappa shape index (κ1) is 10.2. The fourth-order valence-corrected chi connectivity index (χ4v) is 0.521. The van der Waals surface area contributed by atoms with E-state index < -0.39 is 24.3 Å². The minimum absolute atomic E-state index is 0.707. The minimum Gasteiger partial charge on any atom is -0.305 e.